The van der Waals surface area contributed by atoms with Crippen LogP contribution in [0.1, 0.15) is 22.6 Å². The second kappa shape index (κ2) is 6.46. The highest BCUT2D eigenvalue weighted by Gasteiger charge is 2.20. The van der Waals surface area contributed by atoms with Crippen LogP contribution in [0, 0.1) is 6.92 Å². The SMILES string of the molecule is COc1ccc(SC(c2sccc2C)C(C)N)cc1. The van der Waals surface area contributed by atoms with Crippen molar-refractivity contribution < 1.29 is 4.74 Å². The summed E-state index contributed by atoms with van der Waals surface area (Å²) in [5.74, 6) is 0.883. The van der Waals surface area contributed by atoms with Gasteiger partial charge < -0.3 is 10.5 Å². The van der Waals surface area contributed by atoms with Gasteiger partial charge in [-0.15, -0.1) is 23.1 Å². The Balaban J connectivity index is 2.19. The minimum atomic E-state index is 0.115. The maximum atomic E-state index is 6.16. The first-order valence-electron chi connectivity index (χ1n) is 6.22. The first-order valence-corrected chi connectivity index (χ1v) is 7.98. The molecule has 0 amide bonds. The number of hydrogen-bond donors (Lipinski definition) is 1. The quantitative estimate of drug-likeness (QED) is 0.837. The van der Waals surface area contributed by atoms with Crippen LogP contribution >= 0.6 is 23.1 Å². The number of rotatable bonds is 5. The molecule has 2 atom stereocenters. The molecule has 0 saturated heterocycles. The molecule has 2 unspecified atom stereocenters. The molecule has 2 nitrogen and oxygen atoms in total. The predicted octanol–water partition coefficient (Wildman–Crippen LogP) is 4.25. The summed E-state index contributed by atoms with van der Waals surface area (Å²) < 4.78 is 5.18. The molecule has 0 radical (unpaired) electrons. The minimum absolute atomic E-state index is 0.115. The zero-order valence-corrected chi connectivity index (χ0v) is 13.1. The third kappa shape index (κ3) is 3.53. The van der Waals surface area contributed by atoms with Gasteiger partial charge in [0.2, 0.25) is 0 Å². The van der Waals surface area contributed by atoms with Gasteiger partial charge in [-0.05, 0) is 55.1 Å². The van der Waals surface area contributed by atoms with Crippen LogP contribution in [0.3, 0.4) is 0 Å². The largest absolute Gasteiger partial charge is 0.497 e. The van der Waals surface area contributed by atoms with E-state index in [1.165, 1.54) is 15.3 Å². The molecule has 0 bridgehead atoms. The van der Waals surface area contributed by atoms with Crippen LogP contribution < -0.4 is 10.5 Å². The van der Waals surface area contributed by atoms with E-state index >= 15 is 0 Å². The second-order valence-corrected chi connectivity index (χ2v) is 6.70. The number of thioether (sulfide) groups is 1. The van der Waals surface area contributed by atoms with E-state index in [9.17, 15) is 0 Å². The van der Waals surface area contributed by atoms with Gasteiger partial charge in [0.25, 0.3) is 0 Å². The highest BCUT2D eigenvalue weighted by Crippen LogP contribution is 2.41. The topological polar surface area (TPSA) is 35.2 Å². The third-order valence-corrected chi connectivity index (χ3v) is 5.67. The summed E-state index contributed by atoms with van der Waals surface area (Å²) in [4.78, 5) is 2.59. The van der Waals surface area contributed by atoms with Crippen molar-refractivity contribution in [2.24, 2.45) is 5.73 Å². The summed E-state index contributed by atoms with van der Waals surface area (Å²) in [6, 6.07) is 10.4. The average molecular weight is 293 g/mol. The fourth-order valence-electron chi connectivity index (χ4n) is 1.88. The Morgan fingerprint density at radius 1 is 1.21 bits per heavy atom. The fourth-order valence-corrected chi connectivity index (χ4v) is 4.30. The van der Waals surface area contributed by atoms with Crippen molar-refractivity contribution in [1.29, 1.82) is 0 Å². The molecule has 1 aromatic carbocycles. The summed E-state index contributed by atoms with van der Waals surface area (Å²) in [5.41, 5.74) is 7.49. The molecule has 4 heteroatoms. The minimum Gasteiger partial charge on any atom is -0.497 e. The van der Waals surface area contributed by atoms with Crippen molar-refractivity contribution in [2.75, 3.05) is 7.11 Å². The molecule has 2 aromatic rings. The highest BCUT2D eigenvalue weighted by molar-refractivity contribution is 7.99. The van der Waals surface area contributed by atoms with E-state index in [0.29, 0.717) is 5.25 Å². The molecule has 2 rings (SSSR count). The summed E-state index contributed by atoms with van der Waals surface area (Å²) in [7, 11) is 1.68. The number of methoxy groups -OCH3 is 1. The van der Waals surface area contributed by atoms with Crippen LogP contribution in [0.4, 0.5) is 0 Å². The normalized spacial score (nSPS) is 14.1. The lowest BCUT2D eigenvalue weighted by Gasteiger charge is -2.20. The van der Waals surface area contributed by atoms with Crippen LogP contribution in [-0.4, -0.2) is 13.2 Å². The molecular weight excluding hydrogens is 274 g/mol. The van der Waals surface area contributed by atoms with E-state index in [0.717, 1.165) is 5.75 Å². The maximum Gasteiger partial charge on any atom is 0.118 e. The number of ether oxygens (including phenoxy) is 1. The van der Waals surface area contributed by atoms with Gasteiger partial charge in [0.05, 0.1) is 12.4 Å². The van der Waals surface area contributed by atoms with Gasteiger partial charge in [-0.25, -0.2) is 0 Å². The number of hydrogen-bond acceptors (Lipinski definition) is 4. The summed E-state index contributed by atoms with van der Waals surface area (Å²) >= 11 is 3.61. The Labute approximate surface area is 123 Å². The van der Waals surface area contributed by atoms with Crippen LogP contribution in [0.25, 0.3) is 0 Å². The van der Waals surface area contributed by atoms with Gasteiger partial charge in [-0.3, -0.25) is 0 Å². The Bertz CT molecular complexity index is 519. The van der Waals surface area contributed by atoms with Crippen molar-refractivity contribution >= 4 is 23.1 Å². The fraction of sp³-hybridized carbons (Fsp3) is 0.333. The zero-order chi connectivity index (χ0) is 13.8. The molecule has 0 aliphatic carbocycles. The summed E-state index contributed by atoms with van der Waals surface area (Å²) in [6.45, 7) is 4.22. The van der Waals surface area contributed by atoms with E-state index in [1.807, 2.05) is 23.9 Å². The molecule has 2 N–H and O–H groups in total. The summed E-state index contributed by atoms with van der Waals surface area (Å²) in [6.07, 6.45) is 0. The van der Waals surface area contributed by atoms with E-state index in [-0.39, 0.29) is 6.04 Å². The Morgan fingerprint density at radius 2 is 1.89 bits per heavy atom. The molecule has 19 heavy (non-hydrogen) atoms. The number of nitrogens with two attached hydrogens (primary N) is 1. The Morgan fingerprint density at radius 3 is 2.37 bits per heavy atom. The Kier molecular flexibility index (Phi) is 4.91. The lowest BCUT2D eigenvalue weighted by molar-refractivity contribution is 0.414. The summed E-state index contributed by atoms with van der Waals surface area (Å²) in [5, 5.41) is 2.43. The van der Waals surface area contributed by atoms with E-state index in [2.05, 4.69) is 37.4 Å². The van der Waals surface area contributed by atoms with Gasteiger partial charge in [0, 0.05) is 15.8 Å². The van der Waals surface area contributed by atoms with Crippen molar-refractivity contribution in [2.45, 2.75) is 30.0 Å². The smallest absolute Gasteiger partial charge is 0.118 e. The standard InChI is InChI=1S/C15H19NOS2/c1-10-8-9-18-14(10)15(11(2)16)19-13-6-4-12(17-3)5-7-13/h4-9,11,15H,16H2,1-3H3. The molecule has 0 fully saturated rings. The zero-order valence-electron chi connectivity index (χ0n) is 11.4. The van der Waals surface area contributed by atoms with Gasteiger partial charge >= 0.3 is 0 Å². The van der Waals surface area contributed by atoms with Crippen molar-refractivity contribution in [3.8, 4) is 5.75 Å². The molecular formula is C15H19NOS2. The molecule has 0 spiro atoms. The molecule has 1 aromatic heterocycles. The predicted molar refractivity (Wildman–Crippen MR) is 84.3 cm³/mol. The van der Waals surface area contributed by atoms with E-state index < -0.39 is 0 Å². The number of thiophene rings is 1. The molecule has 102 valence electrons. The molecule has 0 aliphatic heterocycles. The van der Waals surface area contributed by atoms with Crippen molar-refractivity contribution in [3.63, 3.8) is 0 Å². The lowest BCUT2D eigenvalue weighted by Crippen LogP contribution is -2.22. The van der Waals surface area contributed by atoms with Gasteiger partial charge in [-0.1, -0.05) is 0 Å². The first kappa shape index (κ1) is 14.4. The van der Waals surface area contributed by atoms with Crippen LogP contribution in [0.2, 0.25) is 0 Å². The highest BCUT2D eigenvalue weighted by atomic mass is 32.2. The van der Waals surface area contributed by atoms with Crippen LogP contribution in [0.15, 0.2) is 40.6 Å². The number of benzene rings is 1. The second-order valence-electron chi connectivity index (χ2n) is 4.54. The Hall–Kier alpha value is -0.970. The van der Waals surface area contributed by atoms with Crippen LogP contribution in [0.5, 0.6) is 5.75 Å². The van der Waals surface area contributed by atoms with Gasteiger partial charge in [0.1, 0.15) is 5.75 Å². The van der Waals surface area contributed by atoms with Crippen LogP contribution in [-0.2, 0) is 0 Å². The van der Waals surface area contributed by atoms with E-state index in [4.69, 9.17) is 10.5 Å². The monoisotopic (exact) mass is 293 g/mol. The van der Waals surface area contributed by atoms with Crippen molar-refractivity contribution in [1.82, 2.24) is 0 Å². The molecule has 0 saturated carbocycles. The molecule has 1 heterocycles. The van der Waals surface area contributed by atoms with Gasteiger partial charge in [-0.2, -0.15) is 0 Å². The third-order valence-electron chi connectivity index (χ3n) is 2.96. The molecule has 0 aliphatic rings. The average Bonchev–Trinajstić information content (AvgIpc) is 2.82. The number of aryl methyl sites for hydroxylation is 1. The lowest BCUT2D eigenvalue weighted by atomic mass is 10.1. The van der Waals surface area contributed by atoms with Crippen molar-refractivity contribution in [3.05, 3.63) is 46.2 Å². The van der Waals surface area contributed by atoms with E-state index in [1.54, 1.807) is 18.4 Å². The van der Waals surface area contributed by atoms with Gasteiger partial charge in [0.15, 0.2) is 0 Å². The maximum absolute atomic E-state index is 6.16. The first-order chi connectivity index (χ1) is 9.11.